The molecule has 0 saturated carbocycles. The lowest BCUT2D eigenvalue weighted by atomic mass is 10.1. The minimum Gasteiger partial charge on any atom is -0.361 e. The van der Waals surface area contributed by atoms with Gasteiger partial charge in [-0.2, -0.15) is 0 Å². The molecule has 20 heavy (non-hydrogen) atoms. The van der Waals surface area contributed by atoms with Gasteiger partial charge in [0.15, 0.2) is 0 Å². The van der Waals surface area contributed by atoms with Crippen LogP contribution >= 0.6 is 0 Å². The molecule has 100 valence electrons. The number of hydrogen-bond donors (Lipinski definition) is 2. The van der Waals surface area contributed by atoms with Gasteiger partial charge in [-0.05, 0) is 35.7 Å². The number of hydrogen-bond acceptors (Lipinski definition) is 1. The SMILES string of the molecule is O=C(Nc1ccc(F)cc1F)c1ccc2cc[nH]c2c1. The van der Waals surface area contributed by atoms with E-state index in [1.807, 2.05) is 6.07 Å². The van der Waals surface area contributed by atoms with Crippen LogP contribution in [-0.4, -0.2) is 10.9 Å². The van der Waals surface area contributed by atoms with E-state index >= 15 is 0 Å². The third-order valence-corrected chi connectivity index (χ3v) is 3.00. The van der Waals surface area contributed by atoms with E-state index < -0.39 is 17.5 Å². The van der Waals surface area contributed by atoms with Gasteiger partial charge in [-0.1, -0.05) is 6.07 Å². The van der Waals surface area contributed by atoms with Crippen molar-refractivity contribution in [3.63, 3.8) is 0 Å². The summed E-state index contributed by atoms with van der Waals surface area (Å²) < 4.78 is 26.3. The van der Waals surface area contributed by atoms with Crippen LogP contribution in [0.2, 0.25) is 0 Å². The molecule has 1 heterocycles. The van der Waals surface area contributed by atoms with Crippen molar-refractivity contribution in [2.45, 2.75) is 0 Å². The first kappa shape index (κ1) is 12.3. The Morgan fingerprint density at radius 2 is 1.90 bits per heavy atom. The molecule has 0 radical (unpaired) electrons. The topological polar surface area (TPSA) is 44.9 Å². The summed E-state index contributed by atoms with van der Waals surface area (Å²) >= 11 is 0. The lowest BCUT2D eigenvalue weighted by molar-refractivity contribution is 0.102. The van der Waals surface area contributed by atoms with Crippen molar-refractivity contribution in [2.24, 2.45) is 0 Å². The summed E-state index contributed by atoms with van der Waals surface area (Å²) in [5.41, 5.74) is 1.16. The van der Waals surface area contributed by atoms with Crippen LogP contribution in [0, 0.1) is 11.6 Å². The monoisotopic (exact) mass is 272 g/mol. The van der Waals surface area contributed by atoms with E-state index in [4.69, 9.17) is 0 Å². The number of rotatable bonds is 2. The first-order valence-electron chi connectivity index (χ1n) is 5.97. The number of aromatic nitrogens is 1. The molecule has 0 aliphatic heterocycles. The smallest absolute Gasteiger partial charge is 0.255 e. The second-order valence-corrected chi connectivity index (χ2v) is 4.36. The molecule has 0 atom stereocenters. The molecule has 3 aromatic rings. The first-order chi connectivity index (χ1) is 9.63. The molecule has 0 fully saturated rings. The number of H-pyrrole nitrogens is 1. The van der Waals surface area contributed by atoms with Gasteiger partial charge in [0.25, 0.3) is 5.91 Å². The third-order valence-electron chi connectivity index (χ3n) is 3.00. The lowest BCUT2D eigenvalue weighted by Crippen LogP contribution is -2.13. The minimum absolute atomic E-state index is 0.0528. The lowest BCUT2D eigenvalue weighted by Gasteiger charge is -2.06. The number of aromatic amines is 1. The largest absolute Gasteiger partial charge is 0.361 e. The molecule has 0 saturated heterocycles. The fraction of sp³-hybridized carbons (Fsp3) is 0. The fourth-order valence-corrected chi connectivity index (χ4v) is 1.97. The Morgan fingerprint density at radius 3 is 2.70 bits per heavy atom. The summed E-state index contributed by atoms with van der Waals surface area (Å²) in [4.78, 5) is 15.0. The molecule has 3 nitrogen and oxygen atoms in total. The molecule has 2 aromatic carbocycles. The fourth-order valence-electron chi connectivity index (χ4n) is 1.97. The molecule has 0 spiro atoms. The van der Waals surface area contributed by atoms with Crippen molar-refractivity contribution in [1.29, 1.82) is 0 Å². The van der Waals surface area contributed by atoms with Crippen LogP contribution in [0.15, 0.2) is 48.7 Å². The zero-order valence-corrected chi connectivity index (χ0v) is 10.3. The highest BCUT2D eigenvalue weighted by Crippen LogP contribution is 2.18. The summed E-state index contributed by atoms with van der Waals surface area (Å²) in [5.74, 6) is -1.94. The Labute approximate surface area is 113 Å². The highest BCUT2D eigenvalue weighted by atomic mass is 19.1. The average molecular weight is 272 g/mol. The Balaban J connectivity index is 1.88. The molecule has 1 aromatic heterocycles. The van der Waals surface area contributed by atoms with Gasteiger partial charge in [-0.25, -0.2) is 8.78 Å². The van der Waals surface area contributed by atoms with Crippen molar-refractivity contribution in [3.8, 4) is 0 Å². The predicted molar refractivity (Wildman–Crippen MR) is 72.6 cm³/mol. The maximum atomic E-state index is 13.5. The first-order valence-corrected chi connectivity index (χ1v) is 5.97. The van der Waals surface area contributed by atoms with Crippen molar-refractivity contribution < 1.29 is 13.6 Å². The maximum absolute atomic E-state index is 13.5. The molecular formula is C15H10F2N2O. The van der Waals surface area contributed by atoms with Gasteiger partial charge in [-0.3, -0.25) is 4.79 Å². The zero-order chi connectivity index (χ0) is 14.1. The van der Waals surface area contributed by atoms with Gasteiger partial charge in [0.2, 0.25) is 0 Å². The predicted octanol–water partition coefficient (Wildman–Crippen LogP) is 3.70. The van der Waals surface area contributed by atoms with Gasteiger partial charge in [0.1, 0.15) is 11.6 Å². The molecule has 1 amide bonds. The number of amides is 1. The summed E-state index contributed by atoms with van der Waals surface area (Å²) in [6.07, 6.45) is 1.77. The standard InChI is InChI=1S/C15H10F2N2O/c16-11-3-4-13(12(17)8-11)19-15(20)10-2-1-9-5-6-18-14(9)7-10/h1-8,18H,(H,19,20). The number of carbonyl (C=O) groups is 1. The molecule has 2 N–H and O–H groups in total. The molecule has 0 aliphatic carbocycles. The minimum atomic E-state index is -0.806. The van der Waals surface area contributed by atoms with Gasteiger partial charge in [0.05, 0.1) is 5.69 Å². The van der Waals surface area contributed by atoms with Crippen LogP contribution in [0.4, 0.5) is 14.5 Å². The molecule has 0 bridgehead atoms. The number of nitrogens with one attached hydrogen (secondary N) is 2. The number of anilines is 1. The van der Waals surface area contributed by atoms with Crippen LogP contribution in [0.3, 0.4) is 0 Å². The van der Waals surface area contributed by atoms with E-state index in [9.17, 15) is 13.6 Å². The summed E-state index contributed by atoms with van der Waals surface area (Å²) in [6.45, 7) is 0. The zero-order valence-electron chi connectivity index (χ0n) is 10.3. The van der Waals surface area contributed by atoms with Crippen molar-refractivity contribution in [3.05, 3.63) is 65.9 Å². The van der Waals surface area contributed by atoms with Gasteiger partial charge in [0, 0.05) is 23.3 Å². The second-order valence-electron chi connectivity index (χ2n) is 4.36. The van der Waals surface area contributed by atoms with Gasteiger partial charge >= 0.3 is 0 Å². The number of benzene rings is 2. The summed E-state index contributed by atoms with van der Waals surface area (Å²) in [5, 5.41) is 3.40. The van der Waals surface area contributed by atoms with Crippen LogP contribution in [0.25, 0.3) is 10.9 Å². The van der Waals surface area contributed by atoms with Crippen LogP contribution in [-0.2, 0) is 0 Å². The average Bonchev–Trinajstić information content (AvgIpc) is 2.89. The quantitative estimate of drug-likeness (QED) is 0.734. The summed E-state index contributed by atoms with van der Waals surface area (Å²) in [6, 6.07) is 10.0. The Bertz CT molecular complexity index is 795. The van der Waals surface area contributed by atoms with Crippen molar-refractivity contribution in [2.75, 3.05) is 5.32 Å². The number of carbonyl (C=O) groups excluding carboxylic acids is 1. The molecular weight excluding hydrogens is 262 g/mol. The van der Waals surface area contributed by atoms with Crippen molar-refractivity contribution >= 4 is 22.5 Å². The van der Waals surface area contributed by atoms with Crippen LogP contribution in [0.5, 0.6) is 0 Å². The summed E-state index contributed by atoms with van der Waals surface area (Å²) in [7, 11) is 0. The van der Waals surface area contributed by atoms with Gasteiger partial charge in [-0.15, -0.1) is 0 Å². The van der Waals surface area contributed by atoms with Crippen LogP contribution in [0.1, 0.15) is 10.4 Å². The highest BCUT2D eigenvalue weighted by molar-refractivity contribution is 6.06. The van der Waals surface area contributed by atoms with Gasteiger partial charge < -0.3 is 10.3 Å². The van der Waals surface area contributed by atoms with Crippen LogP contribution < -0.4 is 5.32 Å². The van der Waals surface area contributed by atoms with E-state index in [-0.39, 0.29) is 5.69 Å². The normalized spacial score (nSPS) is 10.7. The van der Waals surface area contributed by atoms with E-state index in [1.165, 1.54) is 6.07 Å². The van der Waals surface area contributed by atoms with E-state index in [2.05, 4.69) is 10.3 Å². The maximum Gasteiger partial charge on any atom is 0.255 e. The molecule has 3 rings (SSSR count). The van der Waals surface area contributed by atoms with E-state index in [0.29, 0.717) is 5.56 Å². The molecule has 5 heteroatoms. The Morgan fingerprint density at radius 1 is 1.05 bits per heavy atom. The molecule has 0 unspecified atom stereocenters. The van der Waals surface area contributed by atoms with E-state index in [1.54, 1.807) is 24.4 Å². The second kappa shape index (κ2) is 4.77. The Kier molecular flexibility index (Phi) is 2.95. The molecule has 0 aliphatic rings. The van der Waals surface area contributed by atoms with E-state index in [0.717, 1.165) is 23.0 Å². The number of halogens is 2. The number of fused-ring (bicyclic) bond motifs is 1. The Hall–Kier alpha value is -2.69. The highest BCUT2D eigenvalue weighted by Gasteiger charge is 2.10. The third kappa shape index (κ3) is 2.25. The van der Waals surface area contributed by atoms with Crippen molar-refractivity contribution in [1.82, 2.24) is 4.98 Å².